The molecule has 4 rings (SSSR count). The first-order valence-corrected chi connectivity index (χ1v) is 16.7. The number of hydrogen-bond donors (Lipinski definition) is 2. The lowest BCUT2D eigenvalue weighted by Crippen LogP contribution is -2.72. The minimum absolute atomic E-state index is 0.0916. The standard InChI is InChI=1S/C37H47F2N5O4/c1-5-16-37(41-34(45)28-14-11-15-29(21-28)35(46)43(17-6-2)18-7-3)33(30-22-31(38)24-32(39)23-30)42(4)19-20-44(37)36(47)48-26-40-25-27-12-9-8-10-13-27/h8-15,21-24,33,40H,5-7,16-20,25-26H2,1-4H3,(H,41,45). The summed E-state index contributed by atoms with van der Waals surface area (Å²) in [6.07, 6.45) is 1.68. The molecule has 0 aromatic heterocycles. The molecule has 0 bridgehead atoms. The van der Waals surface area contributed by atoms with E-state index in [9.17, 15) is 23.2 Å². The van der Waals surface area contributed by atoms with Gasteiger partial charge in [0.1, 0.15) is 24.0 Å². The number of benzene rings is 3. The lowest BCUT2D eigenvalue weighted by molar-refractivity contribution is -0.0607. The van der Waals surface area contributed by atoms with Crippen LogP contribution in [-0.4, -0.2) is 78.2 Å². The summed E-state index contributed by atoms with van der Waals surface area (Å²) in [4.78, 5) is 46.6. The molecule has 1 saturated heterocycles. The minimum Gasteiger partial charge on any atom is -0.433 e. The van der Waals surface area contributed by atoms with Crippen molar-refractivity contribution < 1.29 is 27.9 Å². The molecule has 1 aliphatic rings. The molecule has 9 nitrogen and oxygen atoms in total. The molecule has 3 aromatic rings. The molecule has 258 valence electrons. The molecule has 11 heteroatoms. The van der Waals surface area contributed by atoms with Crippen LogP contribution in [0.15, 0.2) is 72.8 Å². The molecule has 2 N–H and O–H groups in total. The number of carbonyl (C=O) groups excluding carboxylic acids is 3. The first-order valence-electron chi connectivity index (χ1n) is 16.7. The molecule has 0 saturated carbocycles. The second kappa shape index (κ2) is 17.2. The van der Waals surface area contributed by atoms with Crippen molar-refractivity contribution in [3.63, 3.8) is 0 Å². The Morgan fingerprint density at radius 2 is 1.54 bits per heavy atom. The molecule has 48 heavy (non-hydrogen) atoms. The SMILES string of the molecule is CCCN(CCC)C(=O)c1cccc(C(=O)NC2(CCC)C(c3cc(F)cc(F)c3)N(C)CCN2C(=O)OCNCc2ccccc2)c1. The molecule has 2 atom stereocenters. The van der Waals surface area contributed by atoms with Gasteiger partial charge >= 0.3 is 6.09 Å². The van der Waals surface area contributed by atoms with Crippen molar-refractivity contribution in [1.82, 2.24) is 25.3 Å². The van der Waals surface area contributed by atoms with Gasteiger partial charge in [0.2, 0.25) is 0 Å². The smallest absolute Gasteiger partial charge is 0.413 e. The molecule has 0 radical (unpaired) electrons. The molecule has 0 spiro atoms. The summed E-state index contributed by atoms with van der Waals surface area (Å²) in [5.41, 5.74) is 0.412. The molecule has 3 aromatic carbocycles. The highest BCUT2D eigenvalue weighted by atomic mass is 19.1. The zero-order valence-corrected chi connectivity index (χ0v) is 28.3. The van der Waals surface area contributed by atoms with E-state index in [1.54, 1.807) is 36.2 Å². The molecular formula is C37H47F2N5O4. The average Bonchev–Trinajstić information content (AvgIpc) is 3.06. The van der Waals surface area contributed by atoms with Gasteiger partial charge in [-0.15, -0.1) is 0 Å². The first-order chi connectivity index (χ1) is 23.1. The van der Waals surface area contributed by atoms with Crippen LogP contribution in [-0.2, 0) is 11.3 Å². The maximum atomic E-state index is 14.7. The summed E-state index contributed by atoms with van der Waals surface area (Å²) >= 11 is 0. The van der Waals surface area contributed by atoms with E-state index in [0.29, 0.717) is 38.2 Å². The van der Waals surface area contributed by atoms with Crippen LogP contribution < -0.4 is 10.6 Å². The Morgan fingerprint density at radius 1 is 0.875 bits per heavy atom. The number of nitrogens with one attached hydrogen (secondary N) is 2. The van der Waals surface area contributed by atoms with Gasteiger partial charge in [-0.3, -0.25) is 24.7 Å². The van der Waals surface area contributed by atoms with Crippen molar-refractivity contribution in [3.8, 4) is 0 Å². The summed E-state index contributed by atoms with van der Waals surface area (Å²) in [5, 5.41) is 6.22. The van der Waals surface area contributed by atoms with Gasteiger partial charge in [-0.2, -0.15) is 0 Å². The number of likely N-dealkylation sites (N-methyl/N-ethyl adjacent to an activating group) is 1. The zero-order chi connectivity index (χ0) is 34.7. The van der Waals surface area contributed by atoms with Gasteiger partial charge in [0.15, 0.2) is 0 Å². The Morgan fingerprint density at radius 3 is 2.19 bits per heavy atom. The van der Waals surface area contributed by atoms with Crippen molar-refractivity contribution in [3.05, 3.63) is 107 Å². The van der Waals surface area contributed by atoms with Crippen molar-refractivity contribution in [2.24, 2.45) is 0 Å². The van der Waals surface area contributed by atoms with E-state index in [2.05, 4.69) is 10.6 Å². The van der Waals surface area contributed by atoms with Crippen LogP contribution >= 0.6 is 0 Å². The van der Waals surface area contributed by atoms with Gasteiger partial charge in [-0.25, -0.2) is 13.6 Å². The molecule has 1 heterocycles. The van der Waals surface area contributed by atoms with Crippen molar-refractivity contribution in [2.75, 3.05) is 40.0 Å². The summed E-state index contributed by atoms with van der Waals surface area (Å²) in [5.74, 6) is -2.24. The molecular weight excluding hydrogens is 616 g/mol. The number of carbonyl (C=O) groups is 3. The Balaban J connectivity index is 1.70. The number of ether oxygens (including phenoxy) is 1. The number of rotatable bonds is 14. The number of nitrogens with zero attached hydrogens (tertiary/aromatic N) is 3. The number of amides is 3. The fourth-order valence-electron chi connectivity index (χ4n) is 6.55. The normalized spacial score (nSPS) is 18.0. The first kappa shape index (κ1) is 36.5. The van der Waals surface area contributed by atoms with Crippen molar-refractivity contribution in [2.45, 2.75) is 64.7 Å². The van der Waals surface area contributed by atoms with Crippen LogP contribution in [0, 0.1) is 11.6 Å². The van der Waals surface area contributed by atoms with E-state index in [1.807, 2.05) is 56.0 Å². The third-order valence-electron chi connectivity index (χ3n) is 8.55. The Hall–Kier alpha value is -4.35. The number of hydrogen-bond acceptors (Lipinski definition) is 6. The Bertz CT molecular complexity index is 1510. The molecule has 3 amide bonds. The molecule has 1 aliphatic heterocycles. The van der Waals surface area contributed by atoms with E-state index in [0.717, 1.165) is 24.5 Å². The topological polar surface area (TPSA) is 94.2 Å². The van der Waals surface area contributed by atoms with E-state index >= 15 is 0 Å². The third-order valence-corrected chi connectivity index (χ3v) is 8.55. The third kappa shape index (κ3) is 8.76. The minimum atomic E-state index is -1.47. The molecule has 0 aliphatic carbocycles. The summed E-state index contributed by atoms with van der Waals surface area (Å²) < 4.78 is 35.0. The highest BCUT2D eigenvalue weighted by Crippen LogP contribution is 2.41. The quantitative estimate of drug-likeness (QED) is 0.155. The van der Waals surface area contributed by atoms with E-state index in [4.69, 9.17) is 4.74 Å². The lowest BCUT2D eigenvalue weighted by Gasteiger charge is -2.55. The van der Waals surface area contributed by atoms with Crippen LogP contribution in [0.4, 0.5) is 13.6 Å². The van der Waals surface area contributed by atoms with E-state index in [-0.39, 0.29) is 36.7 Å². The highest BCUT2D eigenvalue weighted by Gasteiger charge is 2.53. The summed E-state index contributed by atoms with van der Waals surface area (Å²) in [6, 6.07) is 18.6. The maximum absolute atomic E-state index is 14.7. The van der Waals surface area contributed by atoms with E-state index in [1.165, 1.54) is 17.0 Å². The highest BCUT2D eigenvalue weighted by molar-refractivity contribution is 6.00. The molecule has 2 unspecified atom stereocenters. The average molecular weight is 664 g/mol. The molecule has 1 fully saturated rings. The van der Waals surface area contributed by atoms with Crippen LogP contribution in [0.5, 0.6) is 0 Å². The summed E-state index contributed by atoms with van der Waals surface area (Å²) in [7, 11) is 1.80. The number of halogens is 2. The fourth-order valence-corrected chi connectivity index (χ4v) is 6.55. The summed E-state index contributed by atoms with van der Waals surface area (Å²) in [6.45, 7) is 8.03. The van der Waals surface area contributed by atoms with Gasteiger partial charge in [-0.1, -0.05) is 63.6 Å². The van der Waals surface area contributed by atoms with Crippen LogP contribution in [0.25, 0.3) is 0 Å². The Labute approximate surface area is 282 Å². The van der Waals surface area contributed by atoms with Crippen LogP contribution in [0.1, 0.15) is 84.3 Å². The lowest BCUT2D eigenvalue weighted by atomic mass is 9.84. The fraction of sp³-hybridized carbons (Fsp3) is 0.432. The largest absolute Gasteiger partial charge is 0.433 e. The predicted octanol–water partition coefficient (Wildman–Crippen LogP) is 6.33. The van der Waals surface area contributed by atoms with Gasteiger partial charge in [-0.05, 0) is 67.8 Å². The van der Waals surface area contributed by atoms with Crippen molar-refractivity contribution in [1.29, 1.82) is 0 Å². The van der Waals surface area contributed by atoms with Gasteiger partial charge < -0.3 is 15.0 Å². The Kier molecular flexibility index (Phi) is 13.0. The second-order valence-corrected chi connectivity index (χ2v) is 12.2. The second-order valence-electron chi connectivity index (χ2n) is 12.2. The monoisotopic (exact) mass is 663 g/mol. The van der Waals surface area contributed by atoms with E-state index < -0.39 is 35.3 Å². The predicted molar refractivity (Wildman–Crippen MR) is 181 cm³/mol. The van der Waals surface area contributed by atoms with Gasteiger partial charge in [0.25, 0.3) is 11.8 Å². The van der Waals surface area contributed by atoms with Gasteiger partial charge in [0, 0.05) is 49.9 Å². The van der Waals surface area contributed by atoms with Gasteiger partial charge in [0.05, 0.1) is 6.04 Å². The van der Waals surface area contributed by atoms with Crippen LogP contribution in [0.2, 0.25) is 0 Å². The van der Waals surface area contributed by atoms with Crippen molar-refractivity contribution >= 4 is 17.9 Å². The maximum Gasteiger partial charge on any atom is 0.413 e. The zero-order valence-electron chi connectivity index (χ0n) is 28.3. The number of piperazine rings is 1. The van der Waals surface area contributed by atoms with Crippen LogP contribution in [0.3, 0.4) is 0 Å².